The Morgan fingerprint density at radius 2 is 1.93 bits per heavy atom. The molecule has 4 rings (SSSR count). The largest absolute Gasteiger partial charge is 0.492 e. The number of urea groups is 1. The summed E-state index contributed by atoms with van der Waals surface area (Å²) in [7, 11) is 0. The van der Waals surface area contributed by atoms with Crippen LogP contribution < -0.4 is 15.0 Å². The number of anilines is 2. The Morgan fingerprint density at radius 1 is 1.14 bits per heavy atom. The van der Waals surface area contributed by atoms with Gasteiger partial charge in [0.1, 0.15) is 11.3 Å². The number of ether oxygens (including phenoxy) is 1. The molecule has 29 heavy (non-hydrogen) atoms. The van der Waals surface area contributed by atoms with Gasteiger partial charge in [-0.2, -0.15) is 0 Å². The molecule has 1 aromatic heterocycles. The third-order valence-electron chi connectivity index (χ3n) is 5.27. The minimum atomic E-state index is -0.0455. The summed E-state index contributed by atoms with van der Waals surface area (Å²) < 4.78 is 6.83. The maximum atomic E-state index is 12.6. The van der Waals surface area contributed by atoms with Gasteiger partial charge in [0.25, 0.3) is 0 Å². The lowest BCUT2D eigenvalue weighted by molar-refractivity contribution is 0.208. The van der Waals surface area contributed by atoms with Crippen molar-refractivity contribution in [1.29, 1.82) is 0 Å². The molecule has 1 aliphatic heterocycles. The van der Waals surface area contributed by atoms with Gasteiger partial charge in [0.05, 0.1) is 11.3 Å². The number of para-hydroxylation sites is 1. The van der Waals surface area contributed by atoms with E-state index in [9.17, 15) is 4.79 Å². The van der Waals surface area contributed by atoms with Crippen molar-refractivity contribution < 1.29 is 9.53 Å². The Bertz CT molecular complexity index is 1020. The van der Waals surface area contributed by atoms with Gasteiger partial charge in [-0.25, -0.2) is 9.78 Å². The zero-order chi connectivity index (χ0) is 20.4. The van der Waals surface area contributed by atoms with Crippen LogP contribution >= 0.6 is 11.3 Å². The van der Waals surface area contributed by atoms with E-state index in [1.54, 1.807) is 11.3 Å². The average Bonchev–Trinajstić information content (AvgIpc) is 3.16. The Labute approximate surface area is 175 Å². The highest BCUT2D eigenvalue weighted by molar-refractivity contribution is 7.22. The molecule has 0 bridgehead atoms. The van der Waals surface area contributed by atoms with Gasteiger partial charge in [-0.15, -0.1) is 0 Å². The standard InChI is InChI=1S/C22H26N4O2S/c1-4-28-18-6-5-7-19-20(18)24-22(29-19)26-12-10-25(11-13-26)21(27)23-17-9-8-15(2)16(3)14-17/h5-9,14H,4,10-13H2,1-3H3,(H,23,27). The number of aromatic nitrogens is 1. The van der Waals surface area contributed by atoms with E-state index >= 15 is 0 Å². The Kier molecular flexibility index (Phi) is 5.58. The number of thiazole rings is 1. The van der Waals surface area contributed by atoms with Crippen molar-refractivity contribution in [2.45, 2.75) is 20.8 Å². The summed E-state index contributed by atoms with van der Waals surface area (Å²) in [5.74, 6) is 0.832. The highest BCUT2D eigenvalue weighted by Gasteiger charge is 2.23. The molecule has 1 N–H and O–H groups in total. The third kappa shape index (κ3) is 4.15. The van der Waals surface area contributed by atoms with Crippen LogP contribution in [0.4, 0.5) is 15.6 Å². The fourth-order valence-electron chi connectivity index (χ4n) is 3.44. The second kappa shape index (κ2) is 8.29. The number of aryl methyl sites for hydroxylation is 2. The number of piperazine rings is 1. The lowest BCUT2D eigenvalue weighted by atomic mass is 10.1. The summed E-state index contributed by atoms with van der Waals surface area (Å²) >= 11 is 1.67. The number of benzene rings is 2. The number of rotatable bonds is 4. The van der Waals surface area contributed by atoms with Crippen molar-refractivity contribution in [1.82, 2.24) is 9.88 Å². The van der Waals surface area contributed by atoms with Gasteiger partial charge in [-0.1, -0.05) is 23.5 Å². The molecule has 0 unspecified atom stereocenters. The SMILES string of the molecule is CCOc1cccc2sc(N3CCN(C(=O)Nc4ccc(C)c(C)c4)CC3)nc12. The van der Waals surface area contributed by atoms with Gasteiger partial charge in [-0.3, -0.25) is 0 Å². The van der Waals surface area contributed by atoms with E-state index < -0.39 is 0 Å². The maximum absolute atomic E-state index is 12.6. The highest BCUT2D eigenvalue weighted by atomic mass is 32.1. The molecule has 1 fully saturated rings. The van der Waals surface area contributed by atoms with Crippen LogP contribution in [-0.4, -0.2) is 48.7 Å². The monoisotopic (exact) mass is 410 g/mol. The molecule has 0 radical (unpaired) electrons. The van der Waals surface area contributed by atoms with E-state index in [1.165, 1.54) is 11.1 Å². The first-order valence-electron chi connectivity index (χ1n) is 9.95. The van der Waals surface area contributed by atoms with Crippen molar-refractivity contribution in [3.05, 3.63) is 47.5 Å². The summed E-state index contributed by atoms with van der Waals surface area (Å²) in [5.41, 5.74) is 4.16. The first-order valence-corrected chi connectivity index (χ1v) is 10.8. The molecule has 2 aromatic carbocycles. The van der Waals surface area contributed by atoms with Crippen LogP contribution in [0.25, 0.3) is 10.2 Å². The van der Waals surface area contributed by atoms with Crippen molar-refractivity contribution >= 4 is 38.4 Å². The van der Waals surface area contributed by atoms with E-state index in [-0.39, 0.29) is 6.03 Å². The van der Waals surface area contributed by atoms with Crippen molar-refractivity contribution in [2.75, 3.05) is 43.0 Å². The molecule has 6 nitrogen and oxygen atoms in total. The lowest BCUT2D eigenvalue weighted by Gasteiger charge is -2.34. The lowest BCUT2D eigenvalue weighted by Crippen LogP contribution is -2.50. The Balaban J connectivity index is 1.40. The number of carbonyl (C=O) groups excluding carboxylic acids is 1. The molecular formula is C22H26N4O2S. The molecule has 0 atom stereocenters. The summed E-state index contributed by atoms with van der Waals surface area (Å²) in [6.45, 7) is 9.61. The molecule has 3 aromatic rings. The first kappa shape index (κ1) is 19.5. The van der Waals surface area contributed by atoms with Crippen molar-refractivity contribution in [2.24, 2.45) is 0 Å². The van der Waals surface area contributed by atoms with Crippen LogP contribution in [0.1, 0.15) is 18.1 Å². The summed E-state index contributed by atoms with van der Waals surface area (Å²) in [5, 5.41) is 4.00. The number of hydrogen-bond acceptors (Lipinski definition) is 5. The van der Waals surface area contributed by atoms with Crippen LogP contribution in [0.2, 0.25) is 0 Å². The number of hydrogen-bond donors (Lipinski definition) is 1. The van der Waals surface area contributed by atoms with E-state index in [0.29, 0.717) is 19.7 Å². The predicted octanol–water partition coefficient (Wildman–Crippen LogP) is 4.67. The van der Waals surface area contributed by atoms with Gasteiger partial charge in [-0.05, 0) is 56.2 Å². The average molecular weight is 411 g/mol. The van der Waals surface area contributed by atoms with E-state index in [1.807, 2.05) is 42.2 Å². The summed E-state index contributed by atoms with van der Waals surface area (Å²) in [6.07, 6.45) is 0. The van der Waals surface area contributed by atoms with Gasteiger partial charge in [0.2, 0.25) is 0 Å². The fraction of sp³-hybridized carbons (Fsp3) is 0.364. The molecule has 1 aliphatic rings. The Morgan fingerprint density at radius 3 is 2.66 bits per heavy atom. The molecule has 2 amide bonds. The number of amides is 2. The highest BCUT2D eigenvalue weighted by Crippen LogP contribution is 2.34. The molecule has 0 spiro atoms. The van der Waals surface area contributed by atoms with Crippen LogP contribution in [0.5, 0.6) is 5.75 Å². The second-order valence-electron chi connectivity index (χ2n) is 7.24. The number of carbonyl (C=O) groups is 1. The summed E-state index contributed by atoms with van der Waals surface area (Å²) in [4.78, 5) is 21.6. The smallest absolute Gasteiger partial charge is 0.321 e. The number of fused-ring (bicyclic) bond motifs is 1. The number of nitrogens with zero attached hydrogens (tertiary/aromatic N) is 3. The normalized spacial score (nSPS) is 14.3. The fourth-order valence-corrected chi connectivity index (χ4v) is 4.48. The minimum Gasteiger partial charge on any atom is -0.492 e. The van der Waals surface area contributed by atoms with Crippen LogP contribution in [0.3, 0.4) is 0 Å². The molecule has 0 aliphatic carbocycles. The van der Waals surface area contributed by atoms with E-state index in [4.69, 9.17) is 9.72 Å². The quantitative estimate of drug-likeness (QED) is 0.679. The molecule has 7 heteroatoms. The predicted molar refractivity (Wildman–Crippen MR) is 120 cm³/mol. The second-order valence-corrected chi connectivity index (χ2v) is 8.24. The molecular weight excluding hydrogens is 384 g/mol. The topological polar surface area (TPSA) is 57.7 Å². The Hall–Kier alpha value is -2.80. The van der Waals surface area contributed by atoms with Crippen LogP contribution in [0, 0.1) is 13.8 Å². The van der Waals surface area contributed by atoms with Crippen LogP contribution in [-0.2, 0) is 0 Å². The maximum Gasteiger partial charge on any atom is 0.321 e. The van der Waals surface area contributed by atoms with Gasteiger partial charge in [0, 0.05) is 31.9 Å². The van der Waals surface area contributed by atoms with Gasteiger partial charge in [0.15, 0.2) is 5.13 Å². The first-order chi connectivity index (χ1) is 14.0. The summed E-state index contributed by atoms with van der Waals surface area (Å²) in [6, 6.07) is 12.0. The van der Waals surface area contributed by atoms with E-state index in [2.05, 4.69) is 30.1 Å². The molecule has 0 saturated carbocycles. The molecule has 152 valence electrons. The zero-order valence-corrected chi connectivity index (χ0v) is 17.9. The molecule has 2 heterocycles. The van der Waals surface area contributed by atoms with Crippen molar-refractivity contribution in [3.8, 4) is 5.75 Å². The van der Waals surface area contributed by atoms with Gasteiger partial charge < -0.3 is 19.9 Å². The number of nitrogens with one attached hydrogen (secondary N) is 1. The molecule has 1 saturated heterocycles. The minimum absolute atomic E-state index is 0.0455. The van der Waals surface area contributed by atoms with Gasteiger partial charge >= 0.3 is 6.03 Å². The van der Waals surface area contributed by atoms with E-state index in [0.717, 1.165) is 39.9 Å². The third-order valence-corrected chi connectivity index (χ3v) is 6.35. The van der Waals surface area contributed by atoms with Crippen LogP contribution in [0.15, 0.2) is 36.4 Å². The van der Waals surface area contributed by atoms with Crippen molar-refractivity contribution in [3.63, 3.8) is 0 Å². The zero-order valence-electron chi connectivity index (χ0n) is 17.1.